The second-order valence-corrected chi connectivity index (χ2v) is 7.27. The Hall–Kier alpha value is -2.86. The molecule has 0 saturated carbocycles. The summed E-state index contributed by atoms with van der Waals surface area (Å²) < 4.78 is 6.10. The number of thiazole rings is 1. The fraction of sp³-hybridized carbons (Fsp3) is 0.200. The number of ether oxygens (including phenoxy) is 1. The Morgan fingerprint density at radius 2 is 1.92 bits per heavy atom. The zero-order chi connectivity index (χ0) is 17.9. The van der Waals surface area contributed by atoms with Crippen molar-refractivity contribution in [1.29, 1.82) is 0 Å². The second-order valence-electron chi connectivity index (χ2n) is 6.21. The molecule has 0 saturated heterocycles. The van der Waals surface area contributed by atoms with Gasteiger partial charge in [0.05, 0.1) is 12.2 Å². The minimum Gasteiger partial charge on any atom is -0.489 e. The number of aromatic nitrogens is 1. The summed E-state index contributed by atoms with van der Waals surface area (Å²) in [6.07, 6.45) is 0.361. The van der Waals surface area contributed by atoms with Crippen molar-refractivity contribution < 1.29 is 9.53 Å². The molecule has 3 aromatic rings. The van der Waals surface area contributed by atoms with Crippen molar-refractivity contribution in [2.45, 2.75) is 25.5 Å². The molecule has 0 radical (unpaired) electrons. The largest absolute Gasteiger partial charge is 0.489 e. The molecule has 1 aliphatic rings. The van der Waals surface area contributed by atoms with Crippen LogP contribution in [-0.2, 0) is 17.9 Å². The number of nitrogens with zero attached hydrogens (tertiary/aromatic N) is 1. The van der Waals surface area contributed by atoms with E-state index in [4.69, 9.17) is 10.5 Å². The molecular formula is C20H19N3O2S. The van der Waals surface area contributed by atoms with Crippen LogP contribution in [0.3, 0.4) is 0 Å². The van der Waals surface area contributed by atoms with Crippen LogP contribution < -0.4 is 15.8 Å². The van der Waals surface area contributed by atoms with Crippen molar-refractivity contribution >= 4 is 22.4 Å². The van der Waals surface area contributed by atoms with Gasteiger partial charge in [-0.05, 0) is 11.6 Å². The van der Waals surface area contributed by atoms with Crippen molar-refractivity contribution in [3.63, 3.8) is 0 Å². The van der Waals surface area contributed by atoms with E-state index in [2.05, 4.69) is 10.3 Å². The van der Waals surface area contributed by atoms with Crippen molar-refractivity contribution in [2.24, 2.45) is 0 Å². The summed E-state index contributed by atoms with van der Waals surface area (Å²) in [5.74, 6) is 0.694. The molecule has 4 rings (SSSR count). The predicted molar refractivity (Wildman–Crippen MR) is 102 cm³/mol. The first-order valence-corrected chi connectivity index (χ1v) is 9.30. The highest BCUT2D eigenvalue weighted by molar-refractivity contribution is 7.15. The third-order valence-corrected chi connectivity index (χ3v) is 5.48. The Bertz CT molecular complexity index is 924. The number of nitrogen functional groups attached to an aromatic ring is 1. The van der Waals surface area contributed by atoms with Crippen LogP contribution in [0.1, 0.15) is 34.0 Å². The van der Waals surface area contributed by atoms with Gasteiger partial charge in [-0.1, -0.05) is 48.5 Å². The Morgan fingerprint density at radius 1 is 1.15 bits per heavy atom. The molecule has 132 valence electrons. The molecule has 2 heterocycles. The van der Waals surface area contributed by atoms with Crippen LogP contribution in [0.25, 0.3) is 0 Å². The maximum atomic E-state index is 12.2. The van der Waals surface area contributed by atoms with E-state index in [1.807, 2.05) is 54.6 Å². The molecule has 0 aliphatic carbocycles. The number of rotatable bonds is 4. The first-order valence-electron chi connectivity index (χ1n) is 8.48. The van der Waals surface area contributed by atoms with Gasteiger partial charge >= 0.3 is 0 Å². The normalized spacial score (nSPS) is 16.5. The van der Waals surface area contributed by atoms with Crippen molar-refractivity contribution in [3.8, 4) is 5.75 Å². The fourth-order valence-corrected chi connectivity index (χ4v) is 4.17. The van der Waals surface area contributed by atoms with Gasteiger partial charge in [0.2, 0.25) is 5.91 Å². The zero-order valence-corrected chi connectivity index (χ0v) is 15.0. The molecule has 0 fully saturated rings. The number of nitrogens with one attached hydrogen (secondary N) is 1. The Balaban J connectivity index is 1.67. The molecule has 1 aromatic heterocycles. The predicted octanol–water partition coefficient (Wildman–Crippen LogP) is 3.46. The van der Waals surface area contributed by atoms with Crippen LogP contribution in [0.5, 0.6) is 5.75 Å². The SMILES string of the molecule is Nc1nc2c(s1)C(c1ccccc1OCc1ccccc1)CC(=O)NC2. The highest BCUT2D eigenvalue weighted by Gasteiger charge is 2.29. The minimum absolute atomic E-state index is 0.0108. The number of hydrogen-bond donors (Lipinski definition) is 2. The Labute approximate surface area is 155 Å². The third kappa shape index (κ3) is 3.41. The van der Waals surface area contributed by atoms with E-state index in [1.54, 1.807) is 0 Å². The number of amides is 1. The molecule has 2 aromatic carbocycles. The van der Waals surface area contributed by atoms with Crippen molar-refractivity contribution in [1.82, 2.24) is 10.3 Å². The van der Waals surface area contributed by atoms with Gasteiger partial charge in [0, 0.05) is 22.8 Å². The maximum Gasteiger partial charge on any atom is 0.221 e. The summed E-state index contributed by atoms with van der Waals surface area (Å²) >= 11 is 1.45. The lowest BCUT2D eigenvalue weighted by molar-refractivity contribution is -0.121. The van der Waals surface area contributed by atoms with E-state index in [1.165, 1.54) is 11.3 Å². The molecule has 26 heavy (non-hydrogen) atoms. The standard InChI is InChI=1S/C20H19N3O2S/c21-20-23-16-11-22-18(24)10-15(19(16)26-20)14-8-4-5-9-17(14)25-12-13-6-2-1-3-7-13/h1-9,15H,10-12H2,(H2,21,23)(H,22,24). The average Bonchev–Trinajstić information content (AvgIpc) is 2.97. The van der Waals surface area contributed by atoms with Crippen LogP contribution in [0.4, 0.5) is 5.13 Å². The summed E-state index contributed by atoms with van der Waals surface area (Å²) in [6.45, 7) is 0.903. The van der Waals surface area contributed by atoms with Gasteiger partial charge in [0.25, 0.3) is 0 Å². The lowest BCUT2D eigenvalue weighted by Gasteiger charge is -2.18. The number of anilines is 1. The van der Waals surface area contributed by atoms with Gasteiger partial charge < -0.3 is 15.8 Å². The molecule has 1 atom stereocenters. The van der Waals surface area contributed by atoms with Gasteiger partial charge in [-0.2, -0.15) is 0 Å². The molecule has 1 amide bonds. The van der Waals surface area contributed by atoms with E-state index < -0.39 is 0 Å². The van der Waals surface area contributed by atoms with Crippen LogP contribution in [0.2, 0.25) is 0 Å². The van der Waals surface area contributed by atoms with Crippen LogP contribution in [-0.4, -0.2) is 10.9 Å². The summed E-state index contributed by atoms with van der Waals surface area (Å²) in [5.41, 5.74) is 8.86. The first kappa shape index (κ1) is 16.6. The number of para-hydroxylation sites is 1. The number of fused-ring (bicyclic) bond motifs is 1. The summed E-state index contributed by atoms with van der Waals surface area (Å²) in [6, 6.07) is 17.9. The first-order chi connectivity index (χ1) is 12.7. The highest BCUT2D eigenvalue weighted by Crippen LogP contribution is 2.40. The molecule has 0 spiro atoms. The average molecular weight is 365 g/mol. The van der Waals surface area contributed by atoms with Gasteiger partial charge in [-0.25, -0.2) is 4.98 Å². The molecule has 6 heteroatoms. The van der Waals surface area contributed by atoms with E-state index in [9.17, 15) is 4.79 Å². The molecule has 0 bridgehead atoms. The van der Waals surface area contributed by atoms with Crippen molar-refractivity contribution in [2.75, 3.05) is 5.73 Å². The van der Waals surface area contributed by atoms with E-state index in [0.29, 0.717) is 24.7 Å². The van der Waals surface area contributed by atoms with E-state index in [0.717, 1.165) is 27.4 Å². The topological polar surface area (TPSA) is 77.2 Å². The number of carbonyl (C=O) groups excluding carboxylic acids is 1. The lowest BCUT2D eigenvalue weighted by atomic mass is 9.92. The van der Waals surface area contributed by atoms with Crippen LogP contribution >= 0.6 is 11.3 Å². The lowest BCUT2D eigenvalue weighted by Crippen LogP contribution is -2.21. The fourth-order valence-electron chi connectivity index (χ4n) is 3.20. The van der Waals surface area contributed by atoms with Gasteiger partial charge in [0.15, 0.2) is 5.13 Å². The summed E-state index contributed by atoms with van der Waals surface area (Å²) in [5, 5.41) is 3.43. The van der Waals surface area contributed by atoms with E-state index in [-0.39, 0.29) is 11.8 Å². The molecule has 1 unspecified atom stereocenters. The second kappa shape index (κ2) is 7.17. The number of benzene rings is 2. The van der Waals surface area contributed by atoms with E-state index >= 15 is 0 Å². The van der Waals surface area contributed by atoms with Gasteiger partial charge in [0.1, 0.15) is 12.4 Å². The van der Waals surface area contributed by atoms with Crippen molar-refractivity contribution in [3.05, 3.63) is 76.3 Å². The number of hydrogen-bond acceptors (Lipinski definition) is 5. The molecular weight excluding hydrogens is 346 g/mol. The monoisotopic (exact) mass is 365 g/mol. The zero-order valence-electron chi connectivity index (χ0n) is 14.1. The van der Waals surface area contributed by atoms with Crippen LogP contribution in [0.15, 0.2) is 54.6 Å². The van der Waals surface area contributed by atoms with Gasteiger partial charge in [-0.15, -0.1) is 11.3 Å². The molecule has 1 aliphatic heterocycles. The summed E-state index contributed by atoms with van der Waals surface area (Å²) in [7, 11) is 0. The maximum absolute atomic E-state index is 12.2. The number of carbonyl (C=O) groups is 1. The van der Waals surface area contributed by atoms with Crippen LogP contribution in [0, 0.1) is 0 Å². The Kier molecular flexibility index (Phi) is 4.58. The smallest absolute Gasteiger partial charge is 0.221 e. The highest BCUT2D eigenvalue weighted by atomic mass is 32.1. The quantitative estimate of drug-likeness (QED) is 0.742. The Morgan fingerprint density at radius 3 is 2.77 bits per heavy atom. The third-order valence-electron chi connectivity index (χ3n) is 4.43. The van der Waals surface area contributed by atoms with Gasteiger partial charge in [-0.3, -0.25) is 4.79 Å². The molecule has 5 nitrogen and oxygen atoms in total. The minimum atomic E-state index is -0.103. The molecule has 3 N–H and O–H groups in total. The summed E-state index contributed by atoms with van der Waals surface area (Å²) in [4.78, 5) is 17.6. The number of nitrogens with two attached hydrogens (primary N) is 1.